The highest BCUT2D eigenvalue weighted by Crippen LogP contribution is 2.43. The second-order valence-corrected chi connectivity index (χ2v) is 13.8. The van der Waals surface area contributed by atoms with Crippen LogP contribution >= 0.6 is 0 Å². The van der Waals surface area contributed by atoms with Crippen molar-refractivity contribution in [3.63, 3.8) is 0 Å². The quantitative estimate of drug-likeness (QED) is 0.187. The van der Waals surface area contributed by atoms with Crippen molar-refractivity contribution in [1.29, 1.82) is 0 Å². The molecule has 0 amide bonds. The minimum absolute atomic E-state index is 0.0433. The van der Waals surface area contributed by atoms with Crippen LogP contribution in [-0.4, -0.2) is 4.98 Å². The second kappa shape index (κ2) is 11.8. The van der Waals surface area contributed by atoms with Crippen molar-refractivity contribution < 1.29 is 0 Å². The lowest BCUT2D eigenvalue weighted by Gasteiger charge is -2.23. The lowest BCUT2D eigenvalue weighted by Crippen LogP contribution is -2.12. The SMILES string of the molecule is [C-]#[N+]c1c(-c2ccc(-c3c(C(C)C)cc(C(C)C)cc3C(C)C)cc2)ccnc1-c1cc(C(C)(C)C)c2ccccc2c1. The van der Waals surface area contributed by atoms with Gasteiger partial charge < -0.3 is 0 Å². The number of hydrogen-bond donors (Lipinski definition) is 0. The van der Waals surface area contributed by atoms with E-state index in [0.29, 0.717) is 23.4 Å². The topological polar surface area (TPSA) is 17.2 Å². The molecule has 5 aromatic rings. The molecule has 0 spiro atoms. The van der Waals surface area contributed by atoms with E-state index in [9.17, 15) is 0 Å². The van der Waals surface area contributed by atoms with Crippen LogP contribution < -0.4 is 0 Å². The van der Waals surface area contributed by atoms with Gasteiger partial charge in [-0.15, -0.1) is 0 Å². The zero-order valence-corrected chi connectivity index (χ0v) is 27.2. The zero-order valence-electron chi connectivity index (χ0n) is 27.2. The molecule has 0 saturated heterocycles. The largest absolute Gasteiger partial charge is 0.268 e. The van der Waals surface area contributed by atoms with Gasteiger partial charge in [0.1, 0.15) is 0 Å². The first-order valence-electron chi connectivity index (χ1n) is 15.6. The number of rotatable bonds is 6. The number of aromatic nitrogens is 1. The van der Waals surface area contributed by atoms with E-state index in [1.165, 1.54) is 44.2 Å². The van der Waals surface area contributed by atoms with E-state index in [1.54, 1.807) is 0 Å². The fourth-order valence-corrected chi connectivity index (χ4v) is 6.18. The minimum Gasteiger partial charge on any atom is -0.268 e. The molecule has 5 rings (SSSR count). The highest BCUT2D eigenvalue weighted by atomic mass is 14.8. The summed E-state index contributed by atoms with van der Waals surface area (Å²) >= 11 is 0. The van der Waals surface area contributed by atoms with Gasteiger partial charge >= 0.3 is 0 Å². The lowest BCUT2D eigenvalue weighted by molar-refractivity contribution is 0.596. The molecule has 0 unspecified atom stereocenters. The molecule has 0 aliphatic carbocycles. The Kier molecular flexibility index (Phi) is 8.31. The van der Waals surface area contributed by atoms with Crippen LogP contribution in [0.4, 0.5) is 5.69 Å². The van der Waals surface area contributed by atoms with Crippen molar-refractivity contribution in [3.8, 4) is 33.5 Å². The smallest absolute Gasteiger partial charge is 0.220 e. The van der Waals surface area contributed by atoms with E-state index in [-0.39, 0.29) is 5.41 Å². The van der Waals surface area contributed by atoms with Gasteiger partial charge in [-0.2, -0.15) is 0 Å². The normalized spacial score (nSPS) is 12.0. The summed E-state index contributed by atoms with van der Waals surface area (Å²) in [4.78, 5) is 8.84. The molecular formula is C41H44N2. The van der Waals surface area contributed by atoms with Gasteiger partial charge in [-0.25, -0.2) is 4.85 Å². The summed E-state index contributed by atoms with van der Waals surface area (Å²) in [5, 5.41) is 2.42. The first-order valence-corrected chi connectivity index (χ1v) is 15.6. The summed E-state index contributed by atoms with van der Waals surface area (Å²) in [5.41, 5.74) is 12.3. The van der Waals surface area contributed by atoms with Crippen molar-refractivity contribution >= 4 is 16.5 Å². The molecule has 1 aromatic heterocycles. The fourth-order valence-electron chi connectivity index (χ4n) is 6.18. The molecule has 0 radical (unpaired) electrons. The molecule has 0 saturated carbocycles. The van der Waals surface area contributed by atoms with Crippen LogP contribution in [0.5, 0.6) is 0 Å². The minimum atomic E-state index is -0.0433. The molecule has 0 atom stereocenters. The van der Waals surface area contributed by atoms with Gasteiger partial charge in [0.25, 0.3) is 0 Å². The summed E-state index contributed by atoms with van der Waals surface area (Å²) < 4.78 is 0. The van der Waals surface area contributed by atoms with Crippen LogP contribution in [0, 0.1) is 6.57 Å². The first kappa shape index (κ1) is 30.2. The number of pyridine rings is 1. The lowest BCUT2D eigenvalue weighted by atomic mass is 9.81. The summed E-state index contributed by atoms with van der Waals surface area (Å²) in [6.45, 7) is 28.7. The number of benzene rings is 4. The molecule has 218 valence electrons. The molecule has 2 nitrogen and oxygen atoms in total. The summed E-state index contributed by atoms with van der Waals surface area (Å²) in [6, 6.07) is 28.5. The zero-order chi connectivity index (χ0) is 31.1. The van der Waals surface area contributed by atoms with Crippen LogP contribution in [0.2, 0.25) is 0 Å². The molecule has 2 heteroatoms. The Hall–Kier alpha value is -4.22. The maximum atomic E-state index is 8.23. The molecule has 0 bridgehead atoms. The molecule has 1 heterocycles. The highest BCUT2D eigenvalue weighted by Gasteiger charge is 2.22. The van der Waals surface area contributed by atoms with Gasteiger partial charge in [-0.3, -0.25) is 4.98 Å². The molecule has 43 heavy (non-hydrogen) atoms. The van der Waals surface area contributed by atoms with Gasteiger partial charge in [-0.05, 0) is 102 Å². The van der Waals surface area contributed by atoms with E-state index in [2.05, 4.69) is 140 Å². The molecule has 4 aromatic carbocycles. The number of hydrogen-bond acceptors (Lipinski definition) is 1. The first-order chi connectivity index (χ1) is 20.4. The number of fused-ring (bicyclic) bond motifs is 1. The number of nitrogens with zero attached hydrogens (tertiary/aromatic N) is 2. The van der Waals surface area contributed by atoms with Gasteiger partial charge in [0.05, 0.1) is 12.3 Å². The van der Waals surface area contributed by atoms with Crippen molar-refractivity contribution in [2.75, 3.05) is 0 Å². The van der Waals surface area contributed by atoms with Crippen molar-refractivity contribution in [1.82, 2.24) is 4.98 Å². The Balaban J connectivity index is 1.64. The third-order valence-electron chi connectivity index (χ3n) is 8.60. The molecule has 0 fully saturated rings. The highest BCUT2D eigenvalue weighted by molar-refractivity contribution is 5.95. The summed E-state index contributed by atoms with van der Waals surface area (Å²) in [6.07, 6.45) is 1.84. The Bertz CT molecular complexity index is 1790. The monoisotopic (exact) mass is 564 g/mol. The third-order valence-corrected chi connectivity index (χ3v) is 8.60. The average Bonchev–Trinajstić information content (AvgIpc) is 2.98. The van der Waals surface area contributed by atoms with E-state index < -0.39 is 0 Å². The van der Waals surface area contributed by atoms with Crippen LogP contribution in [0.15, 0.2) is 85.1 Å². The second-order valence-electron chi connectivity index (χ2n) is 13.8. The van der Waals surface area contributed by atoms with Crippen LogP contribution in [0.1, 0.15) is 102 Å². The van der Waals surface area contributed by atoms with Gasteiger partial charge in [0, 0.05) is 6.20 Å². The predicted molar refractivity (Wildman–Crippen MR) is 185 cm³/mol. The van der Waals surface area contributed by atoms with Crippen molar-refractivity contribution in [3.05, 3.63) is 119 Å². The van der Waals surface area contributed by atoms with Crippen LogP contribution in [-0.2, 0) is 5.41 Å². The Morgan fingerprint density at radius 2 is 1.28 bits per heavy atom. The van der Waals surface area contributed by atoms with Gasteiger partial charge in [0.15, 0.2) is 0 Å². The molecule has 0 N–H and O–H groups in total. The van der Waals surface area contributed by atoms with E-state index in [4.69, 9.17) is 11.6 Å². The summed E-state index contributed by atoms with van der Waals surface area (Å²) in [7, 11) is 0. The van der Waals surface area contributed by atoms with Gasteiger partial charge in [-0.1, -0.05) is 123 Å². The van der Waals surface area contributed by atoms with E-state index >= 15 is 0 Å². The molecule has 0 aliphatic heterocycles. The van der Waals surface area contributed by atoms with Crippen molar-refractivity contribution in [2.24, 2.45) is 0 Å². The van der Waals surface area contributed by atoms with Crippen LogP contribution in [0.25, 0.3) is 49.1 Å². The Morgan fingerprint density at radius 1 is 0.674 bits per heavy atom. The van der Waals surface area contributed by atoms with Crippen LogP contribution in [0.3, 0.4) is 0 Å². The Morgan fingerprint density at radius 3 is 1.84 bits per heavy atom. The molecular weight excluding hydrogens is 520 g/mol. The standard InChI is InChI=1S/C41H44N2/c1-25(2)31-22-35(26(3)4)38(36(23-31)27(5)6)29-17-15-28(16-18-29)34-19-20-43-39(40(34)42-10)32-21-30-13-11-12-14-33(30)37(24-32)41(7,8)9/h11-27H,1-9H3. The predicted octanol–water partition coefficient (Wildman–Crippen LogP) is 12.5. The van der Waals surface area contributed by atoms with E-state index in [0.717, 1.165) is 22.4 Å². The maximum absolute atomic E-state index is 8.23. The van der Waals surface area contributed by atoms with E-state index in [1.807, 2.05) is 12.3 Å². The fraction of sp³-hybridized carbons (Fsp3) is 0.317. The Labute approximate surface area is 258 Å². The third kappa shape index (κ3) is 5.87. The molecule has 0 aliphatic rings. The maximum Gasteiger partial charge on any atom is 0.220 e. The van der Waals surface area contributed by atoms with Gasteiger partial charge in [0.2, 0.25) is 5.69 Å². The average molecular weight is 565 g/mol. The summed E-state index contributed by atoms with van der Waals surface area (Å²) in [5.74, 6) is 1.33. The van der Waals surface area contributed by atoms with Crippen molar-refractivity contribution in [2.45, 2.75) is 85.5 Å².